The van der Waals surface area contributed by atoms with E-state index < -0.39 is 0 Å². The summed E-state index contributed by atoms with van der Waals surface area (Å²) in [6.07, 6.45) is 0.369. The van der Waals surface area contributed by atoms with Gasteiger partial charge in [-0.2, -0.15) is 0 Å². The van der Waals surface area contributed by atoms with Crippen LogP contribution in [0.25, 0.3) is 0 Å². The summed E-state index contributed by atoms with van der Waals surface area (Å²) in [5.41, 5.74) is 3.82. The van der Waals surface area contributed by atoms with Gasteiger partial charge in [-0.1, -0.05) is 35.9 Å². The van der Waals surface area contributed by atoms with E-state index in [1.54, 1.807) is 23.1 Å². The number of thiophene rings is 1. The first kappa shape index (κ1) is 18.8. The number of amides is 2. The van der Waals surface area contributed by atoms with Gasteiger partial charge in [0.1, 0.15) is 5.37 Å². The predicted molar refractivity (Wildman–Crippen MR) is 117 cm³/mol. The van der Waals surface area contributed by atoms with Gasteiger partial charge in [-0.05, 0) is 48.2 Å². The zero-order valence-electron chi connectivity index (χ0n) is 15.4. The van der Waals surface area contributed by atoms with Gasteiger partial charge < -0.3 is 5.32 Å². The average molecular weight is 409 g/mol. The van der Waals surface area contributed by atoms with Gasteiger partial charge in [-0.3, -0.25) is 14.5 Å². The number of carbonyl (C=O) groups is 2. The van der Waals surface area contributed by atoms with Crippen LogP contribution in [0.1, 0.15) is 21.4 Å². The SMILES string of the molecule is Cc1ccc(N2C(=O)CSC2c2cccc(NC(=O)Cc3cccs3)c2)cc1. The van der Waals surface area contributed by atoms with E-state index in [1.807, 2.05) is 77.9 Å². The Kier molecular flexibility index (Phi) is 5.50. The summed E-state index contributed by atoms with van der Waals surface area (Å²) in [4.78, 5) is 27.7. The van der Waals surface area contributed by atoms with E-state index in [0.717, 1.165) is 27.4 Å². The summed E-state index contributed by atoms with van der Waals surface area (Å²) in [5.74, 6) is 0.518. The van der Waals surface area contributed by atoms with E-state index >= 15 is 0 Å². The molecule has 1 aliphatic rings. The fourth-order valence-corrected chi connectivity index (χ4v) is 5.07. The minimum absolute atomic E-state index is 0.0369. The average Bonchev–Trinajstić information content (AvgIpc) is 3.32. The molecule has 28 heavy (non-hydrogen) atoms. The molecule has 1 aromatic heterocycles. The van der Waals surface area contributed by atoms with Gasteiger partial charge in [0.25, 0.3) is 0 Å². The van der Waals surface area contributed by atoms with Crippen molar-refractivity contribution in [2.45, 2.75) is 18.7 Å². The number of hydrogen-bond donors (Lipinski definition) is 1. The lowest BCUT2D eigenvalue weighted by Crippen LogP contribution is -2.27. The third-order valence-corrected chi connectivity index (χ3v) is 6.64. The first-order valence-electron chi connectivity index (χ1n) is 9.03. The van der Waals surface area contributed by atoms with Crippen LogP contribution >= 0.6 is 23.1 Å². The largest absolute Gasteiger partial charge is 0.326 e. The molecular formula is C22H20N2O2S2. The quantitative estimate of drug-likeness (QED) is 0.645. The minimum Gasteiger partial charge on any atom is -0.326 e. The lowest BCUT2D eigenvalue weighted by Gasteiger charge is -2.25. The molecular weight excluding hydrogens is 388 g/mol. The molecule has 1 aliphatic heterocycles. The molecule has 142 valence electrons. The summed E-state index contributed by atoms with van der Waals surface area (Å²) in [6.45, 7) is 2.03. The molecule has 4 rings (SSSR count). The Balaban J connectivity index is 1.53. The van der Waals surface area contributed by atoms with Crippen LogP contribution in [0.2, 0.25) is 0 Å². The number of benzene rings is 2. The molecule has 0 bridgehead atoms. The van der Waals surface area contributed by atoms with E-state index in [4.69, 9.17) is 0 Å². The number of hydrogen-bond acceptors (Lipinski definition) is 4. The molecule has 6 heteroatoms. The molecule has 4 nitrogen and oxygen atoms in total. The highest BCUT2D eigenvalue weighted by Gasteiger charge is 2.34. The van der Waals surface area contributed by atoms with Crippen LogP contribution in [0.3, 0.4) is 0 Å². The van der Waals surface area contributed by atoms with Crippen molar-refractivity contribution in [1.29, 1.82) is 0 Å². The number of nitrogens with one attached hydrogen (secondary N) is 1. The molecule has 2 aromatic carbocycles. The van der Waals surface area contributed by atoms with Gasteiger partial charge in [0, 0.05) is 16.3 Å². The van der Waals surface area contributed by atoms with Gasteiger partial charge in [0.2, 0.25) is 11.8 Å². The Morgan fingerprint density at radius 2 is 1.96 bits per heavy atom. The van der Waals surface area contributed by atoms with Crippen molar-refractivity contribution < 1.29 is 9.59 Å². The van der Waals surface area contributed by atoms with Gasteiger partial charge in [0.05, 0.1) is 12.2 Å². The van der Waals surface area contributed by atoms with Crippen LogP contribution < -0.4 is 10.2 Å². The lowest BCUT2D eigenvalue weighted by atomic mass is 10.1. The maximum absolute atomic E-state index is 12.5. The summed E-state index contributed by atoms with van der Waals surface area (Å²) < 4.78 is 0. The van der Waals surface area contributed by atoms with Crippen molar-refractivity contribution in [3.8, 4) is 0 Å². The summed E-state index contributed by atoms with van der Waals surface area (Å²) in [7, 11) is 0. The Bertz CT molecular complexity index is 984. The van der Waals surface area contributed by atoms with Crippen molar-refractivity contribution in [2.24, 2.45) is 0 Å². The fourth-order valence-electron chi connectivity index (χ4n) is 3.20. The maximum atomic E-state index is 12.5. The predicted octanol–water partition coefficient (Wildman–Crippen LogP) is 5.02. The molecule has 1 fully saturated rings. The van der Waals surface area contributed by atoms with Crippen LogP contribution in [0.15, 0.2) is 66.0 Å². The molecule has 3 aromatic rings. The number of aryl methyl sites for hydroxylation is 1. The van der Waals surface area contributed by atoms with Crippen LogP contribution in [-0.2, 0) is 16.0 Å². The molecule has 0 aliphatic carbocycles. The maximum Gasteiger partial charge on any atom is 0.238 e. The van der Waals surface area contributed by atoms with Crippen molar-refractivity contribution in [3.63, 3.8) is 0 Å². The molecule has 0 saturated carbocycles. The highest BCUT2D eigenvalue weighted by Crippen LogP contribution is 2.42. The molecule has 1 saturated heterocycles. The van der Waals surface area contributed by atoms with Crippen LogP contribution in [-0.4, -0.2) is 17.6 Å². The normalized spacial score (nSPS) is 16.4. The Morgan fingerprint density at radius 3 is 2.71 bits per heavy atom. The number of rotatable bonds is 5. The number of nitrogens with zero attached hydrogens (tertiary/aromatic N) is 1. The number of carbonyl (C=O) groups excluding carboxylic acids is 2. The standard InChI is InChI=1S/C22H20N2O2S2/c1-15-7-9-18(10-8-15)24-21(26)14-28-22(24)16-4-2-5-17(12-16)23-20(25)13-19-6-3-11-27-19/h2-12,22H,13-14H2,1H3,(H,23,25). The Morgan fingerprint density at radius 1 is 1.14 bits per heavy atom. The fraction of sp³-hybridized carbons (Fsp3) is 0.182. The van der Waals surface area contributed by atoms with Crippen molar-refractivity contribution >= 4 is 46.3 Å². The van der Waals surface area contributed by atoms with Gasteiger partial charge >= 0.3 is 0 Å². The van der Waals surface area contributed by atoms with E-state index in [9.17, 15) is 9.59 Å². The van der Waals surface area contributed by atoms with Gasteiger partial charge in [-0.25, -0.2) is 0 Å². The third kappa shape index (κ3) is 4.13. The van der Waals surface area contributed by atoms with Gasteiger partial charge in [-0.15, -0.1) is 23.1 Å². The minimum atomic E-state index is -0.0932. The highest BCUT2D eigenvalue weighted by molar-refractivity contribution is 8.00. The topological polar surface area (TPSA) is 49.4 Å². The van der Waals surface area contributed by atoms with E-state index in [2.05, 4.69) is 5.32 Å². The van der Waals surface area contributed by atoms with E-state index in [0.29, 0.717) is 12.2 Å². The first-order valence-corrected chi connectivity index (χ1v) is 11.0. The Labute approximate surface area is 172 Å². The van der Waals surface area contributed by atoms with Crippen molar-refractivity contribution in [2.75, 3.05) is 16.0 Å². The molecule has 2 amide bonds. The molecule has 0 spiro atoms. The second-order valence-electron chi connectivity index (χ2n) is 6.69. The van der Waals surface area contributed by atoms with Crippen molar-refractivity contribution in [1.82, 2.24) is 0 Å². The highest BCUT2D eigenvalue weighted by atomic mass is 32.2. The number of thioether (sulfide) groups is 1. The third-order valence-electron chi connectivity index (χ3n) is 4.55. The summed E-state index contributed by atoms with van der Waals surface area (Å²) >= 11 is 3.18. The molecule has 1 atom stereocenters. The second kappa shape index (κ2) is 8.20. The van der Waals surface area contributed by atoms with E-state index in [1.165, 1.54) is 0 Å². The van der Waals surface area contributed by atoms with Crippen LogP contribution in [0, 0.1) is 6.92 Å². The van der Waals surface area contributed by atoms with Crippen LogP contribution in [0.4, 0.5) is 11.4 Å². The van der Waals surface area contributed by atoms with E-state index in [-0.39, 0.29) is 17.2 Å². The smallest absolute Gasteiger partial charge is 0.238 e. The molecule has 1 unspecified atom stereocenters. The monoisotopic (exact) mass is 408 g/mol. The molecule has 0 radical (unpaired) electrons. The Hall–Kier alpha value is -2.57. The van der Waals surface area contributed by atoms with Gasteiger partial charge in [0.15, 0.2) is 0 Å². The second-order valence-corrected chi connectivity index (χ2v) is 8.79. The molecule has 1 N–H and O–H groups in total. The zero-order chi connectivity index (χ0) is 19.5. The molecule has 2 heterocycles. The lowest BCUT2D eigenvalue weighted by molar-refractivity contribution is -0.116. The number of anilines is 2. The van der Waals surface area contributed by atoms with Crippen molar-refractivity contribution in [3.05, 3.63) is 82.0 Å². The zero-order valence-corrected chi connectivity index (χ0v) is 17.1. The summed E-state index contributed by atoms with van der Waals surface area (Å²) in [5, 5.41) is 4.85. The summed E-state index contributed by atoms with van der Waals surface area (Å²) in [6, 6.07) is 19.7. The van der Waals surface area contributed by atoms with Crippen LogP contribution in [0.5, 0.6) is 0 Å². The first-order chi connectivity index (χ1) is 13.6.